The number of thiazole rings is 1. The molecule has 5 nitrogen and oxygen atoms in total. The maximum absolute atomic E-state index is 13.2. The monoisotopic (exact) mass is 439 g/mol. The van der Waals surface area contributed by atoms with Gasteiger partial charge in [-0.3, -0.25) is 9.69 Å². The highest BCUT2D eigenvalue weighted by Crippen LogP contribution is 2.32. The highest BCUT2D eigenvalue weighted by molar-refractivity contribution is 7.14. The summed E-state index contributed by atoms with van der Waals surface area (Å²) in [4.78, 5) is 22.9. The van der Waals surface area contributed by atoms with Crippen LogP contribution in [0.1, 0.15) is 29.9 Å². The molecule has 3 heterocycles. The Labute approximate surface area is 184 Å². The Morgan fingerprint density at radius 2 is 1.90 bits per heavy atom. The average Bonchev–Trinajstić information content (AvgIpc) is 3.53. The SMILES string of the molecule is CCN(CC)CCCN(C(=O)c1cccs1)c1nc(-c2cc3ccccc3o2)cs1. The van der Waals surface area contributed by atoms with Gasteiger partial charge in [0.2, 0.25) is 0 Å². The lowest BCUT2D eigenvalue weighted by atomic mass is 10.2. The van der Waals surface area contributed by atoms with Crippen molar-refractivity contribution in [3.63, 3.8) is 0 Å². The number of carbonyl (C=O) groups excluding carboxylic acids is 1. The number of para-hydroxylation sites is 1. The van der Waals surface area contributed by atoms with Crippen LogP contribution in [0.2, 0.25) is 0 Å². The normalized spacial score (nSPS) is 11.4. The van der Waals surface area contributed by atoms with E-state index in [1.54, 1.807) is 0 Å². The van der Waals surface area contributed by atoms with Crippen LogP contribution in [0.25, 0.3) is 22.4 Å². The summed E-state index contributed by atoms with van der Waals surface area (Å²) in [5.41, 5.74) is 1.60. The second kappa shape index (κ2) is 9.55. The summed E-state index contributed by atoms with van der Waals surface area (Å²) in [6.07, 6.45) is 0.901. The van der Waals surface area contributed by atoms with Crippen LogP contribution in [0, 0.1) is 0 Å². The number of benzene rings is 1. The molecule has 1 aromatic carbocycles. The van der Waals surface area contributed by atoms with Gasteiger partial charge < -0.3 is 9.32 Å². The molecule has 0 N–H and O–H groups in total. The molecule has 0 fully saturated rings. The zero-order valence-electron chi connectivity index (χ0n) is 17.2. The second-order valence-electron chi connectivity index (χ2n) is 6.98. The van der Waals surface area contributed by atoms with E-state index in [1.165, 1.54) is 22.7 Å². The summed E-state index contributed by atoms with van der Waals surface area (Å²) in [7, 11) is 0. The molecule has 3 aromatic heterocycles. The standard InChI is InChI=1S/C23H25N3O2S2/c1-3-25(4-2)12-8-13-26(22(27)21-11-7-14-29-21)23-24-18(16-30-23)20-15-17-9-5-6-10-19(17)28-20/h5-7,9-11,14-16H,3-4,8,12-13H2,1-2H3. The Kier molecular flexibility index (Phi) is 6.62. The van der Waals surface area contributed by atoms with Crippen molar-refractivity contribution in [2.75, 3.05) is 31.1 Å². The van der Waals surface area contributed by atoms with Gasteiger partial charge in [-0.2, -0.15) is 0 Å². The third-order valence-corrected chi connectivity index (χ3v) is 6.85. The highest BCUT2D eigenvalue weighted by atomic mass is 32.1. The topological polar surface area (TPSA) is 49.6 Å². The first kappa shape index (κ1) is 20.8. The van der Waals surface area contributed by atoms with E-state index in [0.717, 1.165) is 53.4 Å². The lowest BCUT2D eigenvalue weighted by molar-refractivity contribution is 0.0989. The number of aromatic nitrogens is 1. The van der Waals surface area contributed by atoms with E-state index in [9.17, 15) is 4.79 Å². The maximum atomic E-state index is 13.2. The van der Waals surface area contributed by atoms with E-state index in [4.69, 9.17) is 9.40 Å². The number of hydrogen-bond donors (Lipinski definition) is 0. The van der Waals surface area contributed by atoms with Gasteiger partial charge in [-0.15, -0.1) is 22.7 Å². The van der Waals surface area contributed by atoms with Crippen LogP contribution in [-0.2, 0) is 0 Å². The summed E-state index contributed by atoms with van der Waals surface area (Å²) in [6, 6.07) is 13.7. The molecule has 0 aliphatic carbocycles. The van der Waals surface area contributed by atoms with E-state index < -0.39 is 0 Å². The number of carbonyl (C=O) groups is 1. The molecule has 0 spiro atoms. The number of thiophene rings is 1. The fraction of sp³-hybridized carbons (Fsp3) is 0.304. The molecule has 4 rings (SSSR count). The van der Waals surface area contributed by atoms with Crippen LogP contribution in [-0.4, -0.2) is 42.0 Å². The fourth-order valence-corrected chi connectivity index (χ4v) is 4.93. The molecule has 0 aliphatic rings. The first-order valence-electron chi connectivity index (χ1n) is 10.2. The molecule has 0 bridgehead atoms. The number of rotatable bonds is 9. The lowest BCUT2D eigenvalue weighted by Crippen LogP contribution is -2.34. The molecule has 0 saturated heterocycles. The molecule has 0 unspecified atom stereocenters. The van der Waals surface area contributed by atoms with Crippen molar-refractivity contribution in [1.82, 2.24) is 9.88 Å². The molecule has 156 valence electrons. The first-order chi connectivity index (χ1) is 14.7. The summed E-state index contributed by atoms with van der Waals surface area (Å²) in [5.74, 6) is 0.736. The minimum Gasteiger partial charge on any atom is -0.454 e. The second-order valence-corrected chi connectivity index (χ2v) is 8.76. The summed E-state index contributed by atoms with van der Waals surface area (Å²) < 4.78 is 5.96. The van der Waals surface area contributed by atoms with Crippen molar-refractivity contribution < 1.29 is 9.21 Å². The predicted octanol–water partition coefficient (Wildman–Crippen LogP) is 6.00. The number of amides is 1. The molecule has 0 aliphatic heterocycles. The Balaban J connectivity index is 1.57. The van der Waals surface area contributed by atoms with Crippen molar-refractivity contribution in [3.8, 4) is 11.5 Å². The maximum Gasteiger partial charge on any atom is 0.270 e. The minimum absolute atomic E-state index is 0.00931. The Hall–Kier alpha value is -2.48. The summed E-state index contributed by atoms with van der Waals surface area (Å²) in [5, 5.41) is 5.66. The van der Waals surface area contributed by atoms with Crippen LogP contribution >= 0.6 is 22.7 Å². The largest absolute Gasteiger partial charge is 0.454 e. The van der Waals surface area contributed by atoms with Gasteiger partial charge in [-0.1, -0.05) is 38.1 Å². The Morgan fingerprint density at radius 3 is 2.63 bits per heavy atom. The van der Waals surface area contributed by atoms with Gasteiger partial charge in [0.15, 0.2) is 10.9 Å². The van der Waals surface area contributed by atoms with Crippen molar-refractivity contribution in [3.05, 3.63) is 58.1 Å². The zero-order chi connectivity index (χ0) is 20.9. The van der Waals surface area contributed by atoms with Gasteiger partial charge in [0.25, 0.3) is 5.91 Å². The van der Waals surface area contributed by atoms with E-state index in [-0.39, 0.29) is 5.91 Å². The number of anilines is 1. The molecule has 0 radical (unpaired) electrons. The van der Waals surface area contributed by atoms with Crippen molar-refractivity contribution in [1.29, 1.82) is 0 Å². The number of fused-ring (bicyclic) bond motifs is 1. The van der Waals surface area contributed by atoms with E-state index >= 15 is 0 Å². The van der Waals surface area contributed by atoms with Gasteiger partial charge in [-0.25, -0.2) is 4.98 Å². The van der Waals surface area contributed by atoms with Crippen molar-refractivity contribution >= 4 is 44.7 Å². The van der Waals surface area contributed by atoms with Crippen LogP contribution < -0.4 is 4.90 Å². The van der Waals surface area contributed by atoms with Gasteiger partial charge in [-0.05, 0) is 49.6 Å². The van der Waals surface area contributed by atoms with Gasteiger partial charge >= 0.3 is 0 Å². The molecular formula is C23H25N3O2S2. The molecule has 4 aromatic rings. The molecular weight excluding hydrogens is 414 g/mol. The van der Waals surface area contributed by atoms with Gasteiger partial charge in [0, 0.05) is 17.3 Å². The van der Waals surface area contributed by atoms with Crippen LogP contribution in [0.3, 0.4) is 0 Å². The highest BCUT2D eigenvalue weighted by Gasteiger charge is 2.22. The third-order valence-electron chi connectivity index (χ3n) is 5.13. The summed E-state index contributed by atoms with van der Waals surface area (Å²) in [6.45, 7) is 7.96. The molecule has 7 heteroatoms. The van der Waals surface area contributed by atoms with E-state index in [2.05, 4.69) is 18.7 Å². The first-order valence-corrected chi connectivity index (χ1v) is 12.0. The fourth-order valence-electron chi connectivity index (χ4n) is 3.42. The zero-order valence-corrected chi connectivity index (χ0v) is 18.8. The van der Waals surface area contributed by atoms with Crippen LogP contribution in [0.4, 0.5) is 5.13 Å². The quantitative estimate of drug-likeness (QED) is 0.321. The Bertz CT molecular complexity index is 1060. The third kappa shape index (κ3) is 4.48. The predicted molar refractivity (Wildman–Crippen MR) is 126 cm³/mol. The van der Waals surface area contributed by atoms with Crippen LogP contribution in [0.15, 0.2) is 57.6 Å². The lowest BCUT2D eigenvalue weighted by Gasteiger charge is -2.22. The molecule has 0 atom stereocenters. The number of furan rings is 1. The van der Waals surface area contributed by atoms with Gasteiger partial charge in [0.1, 0.15) is 11.3 Å². The summed E-state index contributed by atoms with van der Waals surface area (Å²) >= 11 is 2.95. The van der Waals surface area contributed by atoms with Crippen molar-refractivity contribution in [2.24, 2.45) is 0 Å². The molecule has 0 saturated carbocycles. The molecule has 1 amide bonds. The number of nitrogens with zero attached hydrogens (tertiary/aromatic N) is 3. The van der Waals surface area contributed by atoms with E-state index in [0.29, 0.717) is 11.7 Å². The van der Waals surface area contributed by atoms with Crippen LogP contribution in [0.5, 0.6) is 0 Å². The molecule has 30 heavy (non-hydrogen) atoms. The van der Waals surface area contributed by atoms with Gasteiger partial charge in [0.05, 0.1) is 4.88 Å². The van der Waals surface area contributed by atoms with E-state index in [1.807, 2.05) is 58.1 Å². The Morgan fingerprint density at radius 1 is 1.07 bits per heavy atom. The number of hydrogen-bond acceptors (Lipinski definition) is 6. The average molecular weight is 440 g/mol. The van der Waals surface area contributed by atoms with Crippen molar-refractivity contribution in [2.45, 2.75) is 20.3 Å². The minimum atomic E-state index is 0.00931. The smallest absolute Gasteiger partial charge is 0.270 e.